The lowest BCUT2D eigenvalue weighted by atomic mass is 10.2. The van der Waals surface area contributed by atoms with Crippen LogP contribution in [-0.2, 0) is 6.42 Å². The van der Waals surface area contributed by atoms with Crippen molar-refractivity contribution in [1.82, 2.24) is 24.9 Å². The van der Waals surface area contributed by atoms with Gasteiger partial charge in [0.1, 0.15) is 5.82 Å². The Bertz CT molecular complexity index is 1080. The highest BCUT2D eigenvalue weighted by Crippen LogP contribution is 2.16. The van der Waals surface area contributed by atoms with Crippen LogP contribution in [0.5, 0.6) is 0 Å². The van der Waals surface area contributed by atoms with E-state index in [1.165, 1.54) is 18.3 Å². The Balaban J connectivity index is 1.45. The van der Waals surface area contributed by atoms with Crippen molar-refractivity contribution in [3.8, 4) is 11.4 Å². The fraction of sp³-hybridized carbons (Fsp3) is 0.105. The molecular weight excluding hydrogens is 344 g/mol. The molecule has 8 heteroatoms. The number of carboxylic acid groups (broad SMARTS) is 1. The number of fused-ring (bicyclic) bond motifs is 1. The predicted molar refractivity (Wildman–Crippen MR) is 101 cm³/mol. The molecule has 27 heavy (non-hydrogen) atoms. The first-order valence-corrected chi connectivity index (χ1v) is 8.39. The summed E-state index contributed by atoms with van der Waals surface area (Å²) in [5, 5.41) is 12.3. The summed E-state index contributed by atoms with van der Waals surface area (Å²) < 4.78 is 0. The predicted octanol–water partition coefficient (Wildman–Crippen LogP) is 2.77. The second-order valence-corrected chi connectivity index (χ2v) is 5.88. The van der Waals surface area contributed by atoms with E-state index in [2.05, 4.69) is 30.2 Å². The third kappa shape index (κ3) is 3.74. The molecule has 4 rings (SSSR count). The van der Waals surface area contributed by atoms with Gasteiger partial charge in [-0.3, -0.25) is 4.98 Å². The van der Waals surface area contributed by atoms with Crippen molar-refractivity contribution in [3.05, 3.63) is 66.2 Å². The van der Waals surface area contributed by atoms with E-state index in [9.17, 15) is 4.79 Å². The molecule has 0 aliphatic heterocycles. The number of rotatable bonds is 6. The van der Waals surface area contributed by atoms with Crippen LogP contribution < -0.4 is 5.32 Å². The summed E-state index contributed by atoms with van der Waals surface area (Å²) in [4.78, 5) is 31.7. The van der Waals surface area contributed by atoms with Gasteiger partial charge in [0.2, 0.25) is 5.95 Å². The molecule has 134 valence electrons. The van der Waals surface area contributed by atoms with Gasteiger partial charge in [-0.15, -0.1) is 0 Å². The number of aromatic carboxylic acids is 1. The molecule has 0 aliphatic rings. The highest BCUT2D eigenvalue weighted by atomic mass is 16.4. The number of anilines is 1. The van der Waals surface area contributed by atoms with E-state index in [4.69, 9.17) is 5.11 Å². The number of carbonyl (C=O) groups is 1. The largest absolute Gasteiger partial charge is 0.478 e. The first kappa shape index (κ1) is 16.6. The molecular formula is C19H16N6O2. The van der Waals surface area contributed by atoms with Crippen LogP contribution in [0.2, 0.25) is 0 Å². The molecule has 0 atom stereocenters. The number of nitrogens with one attached hydrogen (secondary N) is 2. The molecule has 0 amide bonds. The number of aromatic nitrogens is 5. The summed E-state index contributed by atoms with van der Waals surface area (Å²) >= 11 is 0. The average Bonchev–Trinajstić information content (AvgIpc) is 3.11. The maximum Gasteiger partial charge on any atom is 0.335 e. The third-order valence-electron chi connectivity index (χ3n) is 4.01. The van der Waals surface area contributed by atoms with Crippen molar-refractivity contribution in [2.24, 2.45) is 0 Å². The molecule has 3 N–H and O–H groups in total. The van der Waals surface area contributed by atoms with Crippen molar-refractivity contribution in [2.45, 2.75) is 6.42 Å². The van der Waals surface area contributed by atoms with Gasteiger partial charge >= 0.3 is 5.97 Å². The minimum Gasteiger partial charge on any atom is -0.478 e. The SMILES string of the molecule is O=C(O)c1ccnc(-c2ccnc(NCCc3nc4ccccc4[nH]3)n2)c1. The number of para-hydroxylation sites is 2. The zero-order valence-electron chi connectivity index (χ0n) is 14.3. The van der Waals surface area contributed by atoms with E-state index in [0.29, 0.717) is 30.3 Å². The van der Waals surface area contributed by atoms with Gasteiger partial charge in [0.05, 0.1) is 28.0 Å². The van der Waals surface area contributed by atoms with E-state index in [1.54, 1.807) is 12.3 Å². The highest BCUT2D eigenvalue weighted by molar-refractivity contribution is 5.88. The van der Waals surface area contributed by atoms with Gasteiger partial charge in [-0.05, 0) is 30.3 Å². The Morgan fingerprint density at radius 1 is 1.04 bits per heavy atom. The third-order valence-corrected chi connectivity index (χ3v) is 4.01. The maximum absolute atomic E-state index is 11.1. The summed E-state index contributed by atoms with van der Waals surface area (Å²) in [7, 11) is 0. The van der Waals surface area contributed by atoms with Gasteiger partial charge in [0, 0.05) is 25.4 Å². The Labute approximate surface area is 154 Å². The minimum atomic E-state index is -1.00. The number of imidazole rings is 1. The zero-order chi connectivity index (χ0) is 18.6. The first-order valence-electron chi connectivity index (χ1n) is 8.39. The van der Waals surface area contributed by atoms with E-state index in [-0.39, 0.29) is 5.56 Å². The summed E-state index contributed by atoms with van der Waals surface area (Å²) in [5.74, 6) is 0.332. The lowest BCUT2D eigenvalue weighted by molar-refractivity contribution is 0.0697. The molecule has 0 saturated carbocycles. The van der Waals surface area contributed by atoms with Gasteiger partial charge in [0.25, 0.3) is 0 Å². The standard InChI is InChI=1S/C19H16N6O2/c26-18(27)12-5-8-20-16(11-12)15-6-9-21-19(25-15)22-10-7-17-23-13-3-1-2-4-14(13)24-17/h1-6,8-9,11H,7,10H2,(H,23,24)(H,26,27)(H,21,22,25). The summed E-state index contributed by atoms with van der Waals surface area (Å²) in [6, 6.07) is 12.5. The molecule has 0 fully saturated rings. The van der Waals surface area contributed by atoms with E-state index in [0.717, 1.165) is 16.9 Å². The second-order valence-electron chi connectivity index (χ2n) is 5.88. The van der Waals surface area contributed by atoms with Crippen molar-refractivity contribution in [3.63, 3.8) is 0 Å². The number of benzene rings is 1. The normalized spacial score (nSPS) is 10.8. The van der Waals surface area contributed by atoms with Gasteiger partial charge < -0.3 is 15.4 Å². The van der Waals surface area contributed by atoms with Crippen LogP contribution in [0.15, 0.2) is 54.9 Å². The van der Waals surface area contributed by atoms with Gasteiger partial charge in [-0.25, -0.2) is 19.7 Å². The van der Waals surface area contributed by atoms with Crippen molar-refractivity contribution in [1.29, 1.82) is 0 Å². The van der Waals surface area contributed by atoms with Crippen LogP contribution in [0, 0.1) is 0 Å². The number of hydrogen-bond acceptors (Lipinski definition) is 6. The molecule has 0 unspecified atom stereocenters. The fourth-order valence-electron chi connectivity index (χ4n) is 2.71. The maximum atomic E-state index is 11.1. The summed E-state index contributed by atoms with van der Waals surface area (Å²) in [6.45, 7) is 0.603. The van der Waals surface area contributed by atoms with E-state index >= 15 is 0 Å². The second kappa shape index (κ2) is 7.20. The van der Waals surface area contributed by atoms with Gasteiger partial charge in [0.15, 0.2) is 0 Å². The van der Waals surface area contributed by atoms with Gasteiger partial charge in [-0.1, -0.05) is 12.1 Å². The van der Waals surface area contributed by atoms with Crippen molar-refractivity contribution < 1.29 is 9.90 Å². The molecule has 0 bridgehead atoms. The molecule has 0 spiro atoms. The molecule has 0 radical (unpaired) electrons. The zero-order valence-corrected chi connectivity index (χ0v) is 14.3. The van der Waals surface area contributed by atoms with Crippen LogP contribution in [0.25, 0.3) is 22.4 Å². The minimum absolute atomic E-state index is 0.165. The fourth-order valence-corrected chi connectivity index (χ4v) is 2.71. The van der Waals surface area contributed by atoms with Crippen LogP contribution in [0.4, 0.5) is 5.95 Å². The van der Waals surface area contributed by atoms with Crippen molar-refractivity contribution in [2.75, 3.05) is 11.9 Å². The average molecular weight is 360 g/mol. The molecule has 4 aromatic rings. The smallest absolute Gasteiger partial charge is 0.335 e. The quantitative estimate of drug-likeness (QED) is 0.484. The Morgan fingerprint density at radius 3 is 2.74 bits per heavy atom. The van der Waals surface area contributed by atoms with Crippen LogP contribution in [0.1, 0.15) is 16.2 Å². The molecule has 0 saturated heterocycles. The molecule has 1 aromatic carbocycles. The van der Waals surface area contributed by atoms with Crippen molar-refractivity contribution >= 4 is 23.0 Å². The number of nitrogens with zero attached hydrogens (tertiary/aromatic N) is 4. The summed E-state index contributed by atoms with van der Waals surface area (Å²) in [6.07, 6.45) is 3.76. The molecule has 3 aromatic heterocycles. The number of pyridine rings is 1. The lowest BCUT2D eigenvalue weighted by Crippen LogP contribution is -2.09. The van der Waals surface area contributed by atoms with Gasteiger partial charge in [-0.2, -0.15) is 0 Å². The number of aromatic amines is 1. The number of hydrogen-bond donors (Lipinski definition) is 3. The molecule has 8 nitrogen and oxygen atoms in total. The van der Waals surface area contributed by atoms with E-state index in [1.807, 2.05) is 24.3 Å². The number of carboxylic acids is 1. The molecule has 0 aliphatic carbocycles. The lowest BCUT2D eigenvalue weighted by Gasteiger charge is -2.06. The van der Waals surface area contributed by atoms with Crippen LogP contribution in [-0.4, -0.2) is 42.5 Å². The summed E-state index contributed by atoms with van der Waals surface area (Å²) in [5.41, 5.74) is 3.15. The molecule has 3 heterocycles. The number of H-pyrrole nitrogens is 1. The first-order chi connectivity index (χ1) is 13.2. The van der Waals surface area contributed by atoms with Crippen LogP contribution in [0.3, 0.4) is 0 Å². The highest BCUT2D eigenvalue weighted by Gasteiger charge is 2.08. The topological polar surface area (TPSA) is 117 Å². The Kier molecular flexibility index (Phi) is 4.44. The Morgan fingerprint density at radius 2 is 1.89 bits per heavy atom. The Hall–Kier alpha value is -3.81. The monoisotopic (exact) mass is 360 g/mol. The van der Waals surface area contributed by atoms with E-state index < -0.39 is 5.97 Å². The van der Waals surface area contributed by atoms with Crippen LogP contribution >= 0.6 is 0 Å².